The van der Waals surface area contributed by atoms with E-state index in [1.165, 1.54) is 0 Å². The summed E-state index contributed by atoms with van der Waals surface area (Å²) in [5, 5.41) is 0. The summed E-state index contributed by atoms with van der Waals surface area (Å²) in [6.45, 7) is 21.0. The quantitative estimate of drug-likeness (QED) is 0.448. The summed E-state index contributed by atoms with van der Waals surface area (Å²) in [5.41, 5.74) is 0. The average molecular weight is 170 g/mol. The lowest BCUT2D eigenvalue weighted by Crippen LogP contribution is -1.07. The zero-order chi connectivity index (χ0) is 10.8. The van der Waals surface area contributed by atoms with Gasteiger partial charge in [0.05, 0.1) is 0 Å². The van der Waals surface area contributed by atoms with Gasteiger partial charge in [-0.2, -0.15) is 0 Å². The summed E-state index contributed by atoms with van der Waals surface area (Å²) in [6, 6.07) is 0. The molecule has 0 nitrogen and oxygen atoms in total. The highest BCUT2D eigenvalue weighted by molar-refractivity contribution is 4.52. The lowest BCUT2D eigenvalue weighted by molar-refractivity contribution is 1.80. The molecule has 0 rings (SSSR count). The Bertz CT molecular complexity index is 59.1. The predicted octanol–water partition coefficient (Wildman–Crippen LogP) is 5.02. The number of allylic oxidation sites excluding steroid dienone is 4. The van der Waals surface area contributed by atoms with Crippen molar-refractivity contribution in [1.29, 1.82) is 0 Å². The molecule has 0 aromatic carbocycles. The SMILES string of the molecule is C=CC.C=CC.C=CC.C=CC.[HH]. The Balaban J connectivity index is -0.0000000213. The second-order valence-corrected chi connectivity index (χ2v) is 1.63. The van der Waals surface area contributed by atoms with E-state index in [4.69, 9.17) is 0 Å². The van der Waals surface area contributed by atoms with Gasteiger partial charge in [0.1, 0.15) is 0 Å². The normalized spacial score (nSPS) is 4.33. The molecular weight excluding hydrogens is 144 g/mol. The van der Waals surface area contributed by atoms with Crippen LogP contribution in [0.15, 0.2) is 50.6 Å². The van der Waals surface area contributed by atoms with Crippen molar-refractivity contribution in [2.24, 2.45) is 0 Å². The minimum Gasteiger partial charge on any atom is -0.103 e. The van der Waals surface area contributed by atoms with E-state index < -0.39 is 0 Å². The average Bonchev–Trinajstić information content (AvgIpc) is 1.92. The maximum absolute atomic E-state index is 3.36. The molecule has 0 aliphatic carbocycles. The molecule has 0 bridgehead atoms. The van der Waals surface area contributed by atoms with E-state index >= 15 is 0 Å². The first-order chi connectivity index (χ1) is 5.66. The van der Waals surface area contributed by atoms with Crippen LogP contribution in [0, 0.1) is 0 Å². The molecule has 0 atom stereocenters. The molecule has 0 N–H and O–H groups in total. The zero-order valence-electron chi connectivity index (χ0n) is 9.14. The number of rotatable bonds is 0. The van der Waals surface area contributed by atoms with Gasteiger partial charge in [0.15, 0.2) is 0 Å². The highest BCUT2D eigenvalue weighted by Gasteiger charge is 1.15. The smallest absolute Gasteiger partial charge is 0 e. The van der Waals surface area contributed by atoms with Crippen molar-refractivity contribution < 1.29 is 1.43 Å². The Morgan fingerprint density at radius 1 is 0.583 bits per heavy atom. The van der Waals surface area contributed by atoms with Gasteiger partial charge in [0, 0.05) is 1.43 Å². The van der Waals surface area contributed by atoms with Crippen LogP contribution < -0.4 is 0 Å². The van der Waals surface area contributed by atoms with Crippen LogP contribution in [0.2, 0.25) is 0 Å². The van der Waals surface area contributed by atoms with Crippen molar-refractivity contribution in [3.63, 3.8) is 0 Å². The van der Waals surface area contributed by atoms with Crippen LogP contribution in [0.5, 0.6) is 0 Å². The van der Waals surface area contributed by atoms with Gasteiger partial charge < -0.3 is 0 Å². The van der Waals surface area contributed by atoms with E-state index in [-0.39, 0.29) is 1.43 Å². The molecule has 0 saturated carbocycles. The first kappa shape index (κ1) is 22.4. The predicted molar refractivity (Wildman–Crippen MR) is 65.6 cm³/mol. The van der Waals surface area contributed by atoms with E-state index in [0.717, 1.165) is 0 Å². The third-order valence-corrected chi connectivity index (χ3v) is 0. The van der Waals surface area contributed by atoms with E-state index in [9.17, 15) is 0 Å². The third-order valence-electron chi connectivity index (χ3n) is 0. The fraction of sp³-hybridized carbons (Fsp3) is 0.333. The van der Waals surface area contributed by atoms with Gasteiger partial charge in [-0.05, 0) is 27.7 Å². The molecule has 0 amide bonds. The first-order valence-electron chi connectivity index (χ1n) is 3.94. The summed E-state index contributed by atoms with van der Waals surface area (Å²) >= 11 is 0. The molecule has 0 heterocycles. The summed E-state index contributed by atoms with van der Waals surface area (Å²) in [5.74, 6) is 0. The van der Waals surface area contributed by atoms with Gasteiger partial charge in [0.25, 0.3) is 0 Å². The summed E-state index contributed by atoms with van der Waals surface area (Å²) in [4.78, 5) is 0. The van der Waals surface area contributed by atoms with Gasteiger partial charge in [-0.3, -0.25) is 0 Å². The Hall–Kier alpha value is -1.04. The van der Waals surface area contributed by atoms with E-state index in [1.807, 2.05) is 27.7 Å². The molecule has 0 aliphatic heterocycles. The molecule has 0 heteroatoms. The van der Waals surface area contributed by atoms with Crippen LogP contribution in [0.4, 0.5) is 0 Å². The molecule has 0 fully saturated rings. The van der Waals surface area contributed by atoms with Gasteiger partial charge in [-0.25, -0.2) is 0 Å². The van der Waals surface area contributed by atoms with Crippen LogP contribution >= 0.6 is 0 Å². The molecule has 0 unspecified atom stereocenters. The lowest BCUT2D eigenvalue weighted by atomic mass is 10.8. The van der Waals surface area contributed by atoms with Crippen molar-refractivity contribution in [3.8, 4) is 0 Å². The van der Waals surface area contributed by atoms with Crippen LogP contribution in [0.1, 0.15) is 29.1 Å². The molecule has 0 spiro atoms. The Kier molecular flexibility index (Phi) is 171. The maximum Gasteiger partial charge on any atom is 0 e. The van der Waals surface area contributed by atoms with Crippen LogP contribution in [-0.2, 0) is 0 Å². The maximum atomic E-state index is 3.36. The van der Waals surface area contributed by atoms with E-state index in [2.05, 4.69) is 26.3 Å². The second-order valence-electron chi connectivity index (χ2n) is 1.63. The summed E-state index contributed by atoms with van der Waals surface area (Å²) < 4.78 is 0. The molecule has 0 aromatic rings. The van der Waals surface area contributed by atoms with Gasteiger partial charge in [-0.1, -0.05) is 24.3 Å². The molecule has 0 aliphatic rings. The molecule has 0 radical (unpaired) electrons. The third kappa shape index (κ3) is 525. The minimum absolute atomic E-state index is 0. The zero-order valence-corrected chi connectivity index (χ0v) is 9.14. The van der Waals surface area contributed by atoms with Crippen LogP contribution in [0.3, 0.4) is 0 Å². The highest BCUT2D eigenvalue weighted by Crippen LogP contribution is 1.39. The Morgan fingerprint density at radius 3 is 0.583 bits per heavy atom. The van der Waals surface area contributed by atoms with Crippen molar-refractivity contribution in [2.75, 3.05) is 0 Å². The van der Waals surface area contributed by atoms with Crippen LogP contribution in [-0.4, -0.2) is 0 Å². The Labute approximate surface area is 80.5 Å². The van der Waals surface area contributed by atoms with Crippen molar-refractivity contribution in [1.82, 2.24) is 0 Å². The summed E-state index contributed by atoms with van der Waals surface area (Å²) in [6.07, 6.45) is 7.00. The van der Waals surface area contributed by atoms with Crippen molar-refractivity contribution in [3.05, 3.63) is 50.6 Å². The molecule has 0 aromatic heterocycles. The van der Waals surface area contributed by atoms with Crippen LogP contribution in [0.25, 0.3) is 0 Å². The fourth-order valence-electron chi connectivity index (χ4n) is 0. The second kappa shape index (κ2) is 91.3. The van der Waals surface area contributed by atoms with E-state index in [0.29, 0.717) is 0 Å². The topological polar surface area (TPSA) is 0 Å². The largest absolute Gasteiger partial charge is 0.103 e. The van der Waals surface area contributed by atoms with Gasteiger partial charge >= 0.3 is 0 Å². The molecular formula is C12H26. The van der Waals surface area contributed by atoms with E-state index in [1.54, 1.807) is 24.3 Å². The fourth-order valence-corrected chi connectivity index (χ4v) is 0. The molecule has 0 saturated heterocycles. The minimum atomic E-state index is 0. The Morgan fingerprint density at radius 2 is 0.583 bits per heavy atom. The van der Waals surface area contributed by atoms with Gasteiger partial charge in [0.2, 0.25) is 0 Å². The number of hydrogen-bond donors (Lipinski definition) is 0. The standard InChI is InChI=1S/4C3H6.H2/c4*1-3-2;/h4*3H,1H2,2H3;1H. The monoisotopic (exact) mass is 170 g/mol. The number of hydrogen-bond acceptors (Lipinski definition) is 0. The molecule has 12 heavy (non-hydrogen) atoms. The highest BCUT2D eigenvalue weighted by atomic mass is 13.2. The summed E-state index contributed by atoms with van der Waals surface area (Å²) in [7, 11) is 0. The van der Waals surface area contributed by atoms with Crippen molar-refractivity contribution >= 4 is 0 Å². The van der Waals surface area contributed by atoms with Gasteiger partial charge in [-0.15, -0.1) is 26.3 Å². The van der Waals surface area contributed by atoms with Crippen molar-refractivity contribution in [2.45, 2.75) is 27.7 Å². The first-order valence-corrected chi connectivity index (χ1v) is 3.94. The molecule has 74 valence electrons. The lowest BCUT2D eigenvalue weighted by Gasteiger charge is -1.31.